The Kier molecular flexibility index (Phi) is 42.7. The molecule has 0 bridgehead atoms. The van der Waals surface area contributed by atoms with Crippen LogP contribution in [0.4, 0.5) is 0 Å². The molecule has 0 aliphatic carbocycles. The Morgan fingerprint density at radius 2 is 0.870 bits per heavy atom. The summed E-state index contributed by atoms with van der Waals surface area (Å²) >= 11 is 0. The Morgan fingerprint density at radius 1 is 0.500 bits per heavy atom. The number of hydrogen-bond acceptors (Lipinski definition) is 5. The molecule has 0 rings (SSSR count). The lowest BCUT2D eigenvalue weighted by Gasteiger charge is -2.22. The molecule has 0 saturated carbocycles. The van der Waals surface area contributed by atoms with Crippen LogP contribution in [0.5, 0.6) is 0 Å². The quantitative estimate of drug-likeness (QED) is 0.0327. The smallest absolute Gasteiger partial charge is 0.305 e. The van der Waals surface area contributed by atoms with Crippen LogP contribution in [-0.4, -0.2) is 47.4 Å². The van der Waals surface area contributed by atoms with Crippen molar-refractivity contribution in [1.82, 2.24) is 5.32 Å². The third-order valence-electron chi connectivity index (χ3n) is 10.7. The van der Waals surface area contributed by atoms with Crippen molar-refractivity contribution in [2.45, 2.75) is 257 Å². The second-order valence-corrected chi connectivity index (χ2v) is 16.1. The number of esters is 1. The van der Waals surface area contributed by atoms with Crippen LogP contribution in [0.25, 0.3) is 0 Å². The first-order valence-electron chi connectivity index (χ1n) is 23.6. The maximum absolute atomic E-state index is 12.4. The molecular weight excluding hydrogens is 671 g/mol. The minimum atomic E-state index is -0.678. The number of ether oxygens (including phenoxy) is 1. The minimum absolute atomic E-state index is 0.0320. The lowest BCUT2D eigenvalue weighted by Crippen LogP contribution is -2.45. The van der Waals surface area contributed by atoms with Gasteiger partial charge in [0, 0.05) is 12.8 Å². The standard InChI is InChI=1S/C48H91NO5/c1-3-5-7-9-11-13-15-16-17-22-26-30-34-38-42-48(53)54-43-39-35-31-27-23-19-18-21-25-29-33-37-41-47(52)49-45(44-50)46(51)40-36-32-28-24-20-14-12-10-8-6-4-2/h15-16,19,23,45-46,50-51H,3-14,17-18,20-22,24-44H2,1-2H3,(H,49,52)/b16-15-,23-19-. The highest BCUT2D eigenvalue weighted by atomic mass is 16.5. The van der Waals surface area contributed by atoms with Crippen LogP contribution in [-0.2, 0) is 14.3 Å². The van der Waals surface area contributed by atoms with E-state index in [1.54, 1.807) is 0 Å². The third-order valence-corrected chi connectivity index (χ3v) is 10.7. The van der Waals surface area contributed by atoms with Gasteiger partial charge in [0.1, 0.15) is 0 Å². The molecule has 0 spiro atoms. The summed E-state index contributed by atoms with van der Waals surface area (Å²) in [6, 6.07) is -0.558. The molecule has 0 radical (unpaired) electrons. The van der Waals surface area contributed by atoms with Gasteiger partial charge >= 0.3 is 5.97 Å². The van der Waals surface area contributed by atoms with Crippen molar-refractivity contribution in [2.75, 3.05) is 13.2 Å². The number of nitrogens with one attached hydrogen (secondary N) is 1. The molecule has 0 aromatic carbocycles. The van der Waals surface area contributed by atoms with Crippen molar-refractivity contribution in [1.29, 1.82) is 0 Å². The summed E-state index contributed by atoms with van der Waals surface area (Å²) in [5.74, 6) is -0.0953. The van der Waals surface area contributed by atoms with Crippen LogP contribution in [0.2, 0.25) is 0 Å². The number of rotatable bonds is 43. The second kappa shape index (κ2) is 44.1. The Morgan fingerprint density at radius 3 is 1.31 bits per heavy atom. The van der Waals surface area contributed by atoms with E-state index in [-0.39, 0.29) is 18.5 Å². The third kappa shape index (κ3) is 40.0. The number of aliphatic hydroxyl groups is 2. The van der Waals surface area contributed by atoms with Gasteiger partial charge in [0.2, 0.25) is 5.91 Å². The van der Waals surface area contributed by atoms with Crippen molar-refractivity contribution in [3.05, 3.63) is 24.3 Å². The van der Waals surface area contributed by atoms with Crippen LogP contribution >= 0.6 is 0 Å². The van der Waals surface area contributed by atoms with Crippen LogP contribution < -0.4 is 5.32 Å². The molecule has 0 heterocycles. The SMILES string of the molecule is CCCCCCC/C=C\CCCCCCCC(=O)OCCCCC/C=C\CCCCCCCC(=O)NC(CO)C(O)CCCCCCCCCCCCC. The molecule has 3 N–H and O–H groups in total. The van der Waals surface area contributed by atoms with Gasteiger partial charge in [-0.25, -0.2) is 0 Å². The van der Waals surface area contributed by atoms with Gasteiger partial charge in [0.25, 0.3) is 0 Å². The topological polar surface area (TPSA) is 95.9 Å². The van der Waals surface area contributed by atoms with Crippen LogP contribution in [0.15, 0.2) is 24.3 Å². The van der Waals surface area contributed by atoms with E-state index in [4.69, 9.17) is 4.74 Å². The van der Waals surface area contributed by atoms with E-state index in [1.807, 2.05) is 0 Å². The number of hydrogen-bond donors (Lipinski definition) is 3. The fourth-order valence-corrected chi connectivity index (χ4v) is 7.04. The molecule has 0 aliphatic heterocycles. The van der Waals surface area contributed by atoms with E-state index < -0.39 is 12.1 Å². The molecule has 2 atom stereocenters. The molecule has 0 aliphatic rings. The highest BCUT2D eigenvalue weighted by molar-refractivity contribution is 5.76. The number of allylic oxidation sites excluding steroid dienone is 4. The molecule has 0 fully saturated rings. The second-order valence-electron chi connectivity index (χ2n) is 16.1. The molecule has 318 valence electrons. The molecule has 6 heteroatoms. The van der Waals surface area contributed by atoms with Crippen molar-refractivity contribution >= 4 is 11.9 Å². The molecule has 0 saturated heterocycles. The van der Waals surface area contributed by atoms with Crippen molar-refractivity contribution in [3.8, 4) is 0 Å². The normalized spacial score (nSPS) is 12.9. The summed E-state index contributed by atoms with van der Waals surface area (Å²) in [6.45, 7) is 4.86. The average Bonchev–Trinajstić information content (AvgIpc) is 3.17. The fourth-order valence-electron chi connectivity index (χ4n) is 7.04. The van der Waals surface area contributed by atoms with Crippen molar-refractivity contribution < 1.29 is 24.5 Å². The van der Waals surface area contributed by atoms with Gasteiger partial charge in [0.05, 0.1) is 25.4 Å². The highest BCUT2D eigenvalue weighted by Crippen LogP contribution is 2.15. The lowest BCUT2D eigenvalue weighted by molar-refractivity contribution is -0.143. The Labute approximate surface area is 335 Å². The summed E-state index contributed by atoms with van der Waals surface area (Å²) in [4.78, 5) is 24.4. The van der Waals surface area contributed by atoms with Crippen LogP contribution in [0, 0.1) is 0 Å². The molecule has 0 aromatic rings. The Bertz CT molecular complexity index is 843. The van der Waals surface area contributed by atoms with Gasteiger partial charge in [-0.2, -0.15) is 0 Å². The number of aliphatic hydroxyl groups excluding tert-OH is 2. The highest BCUT2D eigenvalue weighted by Gasteiger charge is 2.20. The average molecular weight is 762 g/mol. The Balaban J connectivity index is 3.51. The first-order valence-corrected chi connectivity index (χ1v) is 23.6. The summed E-state index contributed by atoms with van der Waals surface area (Å²) < 4.78 is 5.43. The summed E-state index contributed by atoms with van der Waals surface area (Å²) in [7, 11) is 0. The first kappa shape index (κ1) is 52.3. The van der Waals surface area contributed by atoms with Gasteiger partial charge in [-0.3, -0.25) is 9.59 Å². The van der Waals surface area contributed by atoms with E-state index in [2.05, 4.69) is 43.5 Å². The first-order chi connectivity index (χ1) is 26.5. The van der Waals surface area contributed by atoms with Gasteiger partial charge in [0.15, 0.2) is 0 Å². The largest absolute Gasteiger partial charge is 0.466 e. The number of carbonyl (C=O) groups is 2. The molecule has 2 unspecified atom stereocenters. The minimum Gasteiger partial charge on any atom is -0.466 e. The van der Waals surface area contributed by atoms with E-state index in [0.29, 0.717) is 25.9 Å². The maximum atomic E-state index is 12.4. The lowest BCUT2D eigenvalue weighted by atomic mass is 10.0. The van der Waals surface area contributed by atoms with Gasteiger partial charge < -0.3 is 20.3 Å². The molecule has 6 nitrogen and oxygen atoms in total. The van der Waals surface area contributed by atoms with E-state index in [9.17, 15) is 19.8 Å². The zero-order valence-corrected chi connectivity index (χ0v) is 36.0. The summed E-state index contributed by atoms with van der Waals surface area (Å²) in [6.07, 6.45) is 49.9. The predicted molar refractivity (Wildman–Crippen MR) is 232 cm³/mol. The van der Waals surface area contributed by atoms with Crippen molar-refractivity contribution in [2.24, 2.45) is 0 Å². The molecule has 0 aromatic heterocycles. The van der Waals surface area contributed by atoms with E-state index >= 15 is 0 Å². The predicted octanol–water partition coefficient (Wildman–Crippen LogP) is 13.6. The van der Waals surface area contributed by atoms with E-state index in [0.717, 1.165) is 77.0 Å². The fraction of sp³-hybridized carbons (Fsp3) is 0.875. The van der Waals surface area contributed by atoms with Crippen molar-refractivity contribution in [3.63, 3.8) is 0 Å². The van der Waals surface area contributed by atoms with Crippen LogP contribution in [0.1, 0.15) is 245 Å². The number of amides is 1. The number of carbonyl (C=O) groups excluding carboxylic acids is 2. The van der Waals surface area contributed by atoms with Gasteiger partial charge in [-0.05, 0) is 83.5 Å². The zero-order chi connectivity index (χ0) is 39.4. The zero-order valence-electron chi connectivity index (χ0n) is 36.0. The number of unbranched alkanes of at least 4 members (excludes halogenated alkanes) is 28. The summed E-state index contributed by atoms with van der Waals surface area (Å²) in [5, 5.41) is 23.1. The van der Waals surface area contributed by atoms with Gasteiger partial charge in [-0.15, -0.1) is 0 Å². The maximum Gasteiger partial charge on any atom is 0.305 e. The summed E-state index contributed by atoms with van der Waals surface area (Å²) in [5.41, 5.74) is 0. The molecular formula is C48H91NO5. The monoisotopic (exact) mass is 762 g/mol. The Hall–Kier alpha value is -1.66. The van der Waals surface area contributed by atoms with Gasteiger partial charge in [-0.1, -0.05) is 173 Å². The molecule has 1 amide bonds. The van der Waals surface area contributed by atoms with E-state index in [1.165, 1.54) is 135 Å². The molecule has 54 heavy (non-hydrogen) atoms. The van der Waals surface area contributed by atoms with Crippen LogP contribution in [0.3, 0.4) is 0 Å².